The van der Waals surface area contributed by atoms with Crippen molar-refractivity contribution in [1.82, 2.24) is 0 Å². The minimum absolute atomic E-state index is 0.356. The van der Waals surface area contributed by atoms with Gasteiger partial charge in [0.05, 0.1) is 0 Å². The zero-order chi connectivity index (χ0) is 8.20. The second-order valence-corrected chi connectivity index (χ2v) is 4.40. The Hall–Kier alpha value is -0.260. The largest absolute Gasteiger partial charge is 0.0878 e. The molecule has 10 heavy (non-hydrogen) atoms. The van der Waals surface area contributed by atoms with Crippen molar-refractivity contribution in [2.24, 2.45) is 11.3 Å². The van der Waals surface area contributed by atoms with E-state index in [1.54, 1.807) is 0 Å². The molecule has 0 fully saturated rings. The fourth-order valence-electron chi connectivity index (χ4n) is 0.694. The molecule has 0 bridgehead atoms. The topological polar surface area (TPSA) is 0 Å². The van der Waals surface area contributed by atoms with Crippen molar-refractivity contribution >= 4 is 0 Å². The van der Waals surface area contributed by atoms with Crippen LogP contribution in [0.5, 0.6) is 0 Å². The van der Waals surface area contributed by atoms with Crippen molar-refractivity contribution < 1.29 is 0 Å². The van der Waals surface area contributed by atoms with Gasteiger partial charge in [-0.15, -0.1) is 0 Å². The van der Waals surface area contributed by atoms with Crippen LogP contribution in [-0.2, 0) is 0 Å². The third-order valence-corrected chi connectivity index (χ3v) is 1.23. The summed E-state index contributed by atoms with van der Waals surface area (Å²) in [5, 5.41) is 0. The van der Waals surface area contributed by atoms with Gasteiger partial charge >= 0.3 is 0 Å². The Labute approximate surface area is 65.3 Å². The Morgan fingerprint density at radius 3 is 2.00 bits per heavy atom. The summed E-state index contributed by atoms with van der Waals surface area (Å²) in [6.07, 6.45) is 5.77. The van der Waals surface area contributed by atoms with Crippen LogP contribution in [0, 0.1) is 11.3 Å². The van der Waals surface area contributed by atoms with Crippen molar-refractivity contribution in [2.75, 3.05) is 0 Å². The van der Waals surface area contributed by atoms with E-state index in [1.165, 1.54) is 6.42 Å². The highest BCUT2D eigenvalue weighted by molar-refractivity contribution is 4.92. The Morgan fingerprint density at radius 1 is 1.20 bits per heavy atom. The van der Waals surface area contributed by atoms with E-state index in [0.29, 0.717) is 5.41 Å². The second kappa shape index (κ2) is 3.80. The highest BCUT2D eigenvalue weighted by Gasteiger charge is 2.02. The third kappa shape index (κ3) is 7.74. The van der Waals surface area contributed by atoms with Crippen molar-refractivity contribution in [2.45, 2.75) is 41.0 Å². The fraction of sp³-hybridized carbons (Fsp3) is 0.800. The van der Waals surface area contributed by atoms with Gasteiger partial charge in [0.25, 0.3) is 0 Å². The van der Waals surface area contributed by atoms with E-state index in [-0.39, 0.29) is 0 Å². The Morgan fingerprint density at radius 2 is 1.70 bits per heavy atom. The number of hydrogen-bond acceptors (Lipinski definition) is 0. The number of rotatable bonds is 2. The maximum absolute atomic E-state index is 2.28. The van der Waals surface area contributed by atoms with Crippen molar-refractivity contribution in [3.63, 3.8) is 0 Å². The summed E-state index contributed by atoms with van der Waals surface area (Å²) in [5.74, 6) is 0.790. The fourth-order valence-corrected chi connectivity index (χ4v) is 0.694. The zero-order valence-electron chi connectivity index (χ0n) is 7.94. The van der Waals surface area contributed by atoms with Gasteiger partial charge in [0.2, 0.25) is 0 Å². The molecule has 0 N–H and O–H groups in total. The van der Waals surface area contributed by atoms with Gasteiger partial charge in [-0.25, -0.2) is 0 Å². The lowest BCUT2D eigenvalue weighted by molar-refractivity contribution is 0.538. The van der Waals surface area contributed by atoms with Gasteiger partial charge in [0.15, 0.2) is 0 Å². The maximum Gasteiger partial charge on any atom is -0.0203 e. The van der Waals surface area contributed by atoms with Crippen LogP contribution in [0.4, 0.5) is 0 Å². The average Bonchev–Trinajstić information content (AvgIpc) is 1.59. The molecule has 0 aromatic carbocycles. The summed E-state index contributed by atoms with van der Waals surface area (Å²) in [6.45, 7) is 11.2. The summed E-state index contributed by atoms with van der Waals surface area (Å²) < 4.78 is 0. The highest BCUT2D eigenvalue weighted by Crippen LogP contribution is 2.15. The van der Waals surface area contributed by atoms with Crippen LogP contribution in [0.25, 0.3) is 0 Å². The molecule has 0 aliphatic heterocycles. The molecule has 0 heterocycles. The Bertz CT molecular complexity index is 102. The molecule has 0 heteroatoms. The number of allylic oxidation sites excluding steroid dienone is 2. The third-order valence-electron chi connectivity index (χ3n) is 1.23. The van der Waals surface area contributed by atoms with Gasteiger partial charge in [-0.1, -0.05) is 46.8 Å². The van der Waals surface area contributed by atoms with E-state index in [9.17, 15) is 0 Å². The van der Waals surface area contributed by atoms with Crippen LogP contribution in [0.3, 0.4) is 0 Å². The first-order chi connectivity index (χ1) is 4.42. The van der Waals surface area contributed by atoms with Crippen LogP contribution in [-0.4, -0.2) is 0 Å². The lowest BCUT2D eigenvalue weighted by atomic mass is 9.95. The molecule has 0 saturated heterocycles. The minimum Gasteiger partial charge on any atom is -0.0878 e. The molecule has 0 aromatic heterocycles. The molecule has 0 saturated carbocycles. The molecule has 0 amide bonds. The predicted molar refractivity (Wildman–Crippen MR) is 48.1 cm³/mol. The molecule has 0 aliphatic rings. The lowest BCUT2D eigenvalue weighted by Crippen LogP contribution is -1.98. The molecule has 0 spiro atoms. The van der Waals surface area contributed by atoms with Gasteiger partial charge in [-0.3, -0.25) is 0 Å². The first-order valence-corrected chi connectivity index (χ1v) is 4.09. The highest BCUT2D eigenvalue weighted by atomic mass is 14.1. The van der Waals surface area contributed by atoms with Gasteiger partial charge in [0.1, 0.15) is 0 Å². The quantitative estimate of drug-likeness (QED) is 0.514. The van der Waals surface area contributed by atoms with Gasteiger partial charge in [0, 0.05) is 0 Å². The molecule has 0 unspecified atom stereocenters. The molecule has 0 rings (SSSR count). The molecular weight excluding hydrogens is 120 g/mol. The molecule has 0 nitrogen and oxygen atoms in total. The van der Waals surface area contributed by atoms with Crippen molar-refractivity contribution in [3.05, 3.63) is 12.2 Å². The van der Waals surface area contributed by atoms with Crippen LogP contribution >= 0.6 is 0 Å². The summed E-state index contributed by atoms with van der Waals surface area (Å²) in [7, 11) is 0. The number of hydrogen-bond donors (Lipinski definition) is 0. The van der Waals surface area contributed by atoms with Crippen LogP contribution in [0.2, 0.25) is 0 Å². The predicted octanol–water partition coefficient (Wildman–Crippen LogP) is 3.63. The smallest absolute Gasteiger partial charge is 0.0203 e. The van der Waals surface area contributed by atoms with Gasteiger partial charge in [-0.2, -0.15) is 0 Å². The average molecular weight is 140 g/mol. The van der Waals surface area contributed by atoms with E-state index in [4.69, 9.17) is 0 Å². The SMILES string of the molecule is CC(C)C/C=C\C(C)(C)C. The minimum atomic E-state index is 0.356. The van der Waals surface area contributed by atoms with Crippen LogP contribution in [0.15, 0.2) is 12.2 Å². The first-order valence-electron chi connectivity index (χ1n) is 4.09. The maximum atomic E-state index is 2.28. The molecule has 60 valence electrons. The lowest BCUT2D eigenvalue weighted by Gasteiger charge is -2.11. The van der Waals surface area contributed by atoms with Gasteiger partial charge < -0.3 is 0 Å². The summed E-state index contributed by atoms with van der Waals surface area (Å²) in [5.41, 5.74) is 0.356. The molecular formula is C10H20. The Balaban J connectivity index is 3.57. The first kappa shape index (κ1) is 9.74. The van der Waals surface area contributed by atoms with E-state index < -0.39 is 0 Å². The van der Waals surface area contributed by atoms with Crippen LogP contribution < -0.4 is 0 Å². The van der Waals surface area contributed by atoms with Crippen LogP contribution in [0.1, 0.15) is 41.0 Å². The summed E-state index contributed by atoms with van der Waals surface area (Å²) >= 11 is 0. The van der Waals surface area contributed by atoms with E-state index >= 15 is 0 Å². The Kier molecular flexibility index (Phi) is 3.70. The summed E-state index contributed by atoms with van der Waals surface area (Å²) in [6, 6.07) is 0. The molecule has 0 aliphatic carbocycles. The normalized spacial score (nSPS) is 13.4. The summed E-state index contributed by atoms with van der Waals surface area (Å²) in [4.78, 5) is 0. The molecule has 0 aromatic rings. The monoisotopic (exact) mass is 140 g/mol. The van der Waals surface area contributed by atoms with E-state index in [1.807, 2.05) is 0 Å². The van der Waals surface area contributed by atoms with Gasteiger partial charge in [-0.05, 0) is 17.8 Å². The standard InChI is InChI=1S/C10H20/c1-9(2)7-6-8-10(3,4)5/h6,8-9H,7H2,1-5H3/b8-6-. The second-order valence-electron chi connectivity index (χ2n) is 4.40. The zero-order valence-corrected chi connectivity index (χ0v) is 7.94. The molecule has 0 atom stereocenters. The van der Waals surface area contributed by atoms with E-state index in [0.717, 1.165) is 5.92 Å². The van der Waals surface area contributed by atoms with Crippen molar-refractivity contribution in [3.8, 4) is 0 Å². The molecule has 0 radical (unpaired) electrons. The van der Waals surface area contributed by atoms with E-state index in [2.05, 4.69) is 46.8 Å². The van der Waals surface area contributed by atoms with Crippen molar-refractivity contribution in [1.29, 1.82) is 0 Å².